The molecule has 0 spiro atoms. The van der Waals surface area contributed by atoms with Crippen molar-refractivity contribution in [2.45, 2.75) is 18.7 Å². The van der Waals surface area contributed by atoms with Crippen molar-refractivity contribution in [2.24, 2.45) is 0 Å². The molecule has 4 heterocycles. The lowest BCUT2D eigenvalue weighted by atomic mass is 10.3. The van der Waals surface area contributed by atoms with Gasteiger partial charge >= 0.3 is 0 Å². The normalized spacial score (nSPS) is 15.7. The highest BCUT2D eigenvalue weighted by Gasteiger charge is 2.29. The number of rotatable bonds is 4. The molecule has 0 bridgehead atoms. The molecule has 1 saturated heterocycles. The predicted molar refractivity (Wildman–Crippen MR) is 104 cm³/mol. The lowest BCUT2D eigenvalue weighted by Gasteiger charge is -2.34. The van der Waals surface area contributed by atoms with Crippen molar-refractivity contribution in [2.75, 3.05) is 31.1 Å². The highest BCUT2D eigenvalue weighted by Crippen LogP contribution is 2.20. The van der Waals surface area contributed by atoms with Crippen LogP contribution in [0.2, 0.25) is 0 Å². The number of piperazine rings is 1. The van der Waals surface area contributed by atoms with Crippen LogP contribution in [-0.4, -0.2) is 63.6 Å². The number of pyridine rings is 1. The van der Waals surface area contributed by atoms with Gasteiger partial charge in [0.2, 0.25) is 10.0 Å². The molecule has 9 nitrogen and oxygen atoms in total. The van der Waals surface area contributed by atoms with E-state index in [-0.39, 0.29) is 4.90 Å². The van der Waals surface area contributed by atoms with Crippen molar-refractivity contribution < 1.29 is 8.42 Å². The molecule has 0 aliphatic carbocycles. The van der Waals surface area contributed by atoms with Gasteiger partial charge in [-0.25, -0.2) is 23.1 Å². The summed E-state index contributed by atoms with van der Waals surface area (Å²) < 4.78 is 28.8. The summed E-state index contributed by atoms with van der Waals surface area (Å²) in [4.78, 5) is 14.9. The molecule has 146 valence electrons. The maximum atomic E-state index is 12.7. The molecule has 28 heavy (non-hydrogen) atoms. The van der Waals surface area contributed by atoms with Crippen molar-refractivity contribution >= 4 is 15.8 Å². The Morgan fingerprint density at radius 2 is 1.75 bits per heavy atom. The molecule has 0 N–H and O–H groups in total. The van der Waals surface area contributed by atoms with E-state index in [9.17, 15) is 8.42 Å². The van der Waals surface area contributed by atoms with Crippen LogP contribution in [0.3, 0.4) is 0 Å². The van der Waals surface area contributed by atoms with E-state index < -0.39 is 10.0 Å². The number of aromatic nitrogens is 5. The van der Waals surface area contributed by atoms with E-state index in [1.165, 1.54) is 16.8 Å². The van der Waals surface area contributed by atoms with Crippen LogP contribution < -0.4 is 4.90 Å². The van der Waals surface area contributed by atoms with Crippen LogP contribution in [0.1, 0.15) is 11.4 Å². The third-order valence-corrected chi connectivity index (χ3v) is 6.58. The van der Waals surface area contributed by atoms with E-state index in [2.05, 4.69) is 25.0 Å². The smallest absolute Gasteiger partial charge is 0.244 e. The van der Waals surface area contributed by atoms with Gasteiger partial charge in [-0.2, -0.15) is 9.40 Å². The summed E-state index contributed by atoms with van der Waals surface area (Å²) in [6.07, 6.45) is 4.46. The zero-order valence-electron chi connectivity index (χ0n) is 15.7. The van der Waals surface area contributed by atoms with E-state index in [4.69, 9.17) is 0 Å². The summed E-state index contributed by atoms with van der Waals surface area (Å²) >= 11 is 0. The van der Waals surface area contributed by atoms with Crippen LogP contribution in [-0.2, 0) is 10.0 Å². The van der Waals surface area contributed by atoms with E-state index in [0.717, 1.165) is 17.2 Å². The Morgan fingerprint density at radius 3 is 2.39 bits per heavy atom. The Kier molecular flexibility index (Phi) is 4.82. The summed E-state index contributed by atoms with van der Waals surface area (Å²) in [5.74, 6) is 1.46. The molecule has 1 aliphatic rings. The van der Waals surface area contributed by atoms with Gasteiger partial charge in [0.05, 0.1) is 5.69 Å². The second-order valence-corrected chi connectivity index (χ2v) is 8.59. The molecule has 3 aromatic heterocycles. The average Bonchev–Trinajstić information content (AvgIpc) is 3.07. The van der Waals surface area contributed by atoms with Gasteiger partial charge in [-0.05, 0) is 32.0 Å². The maximum absolute atomic E-state index is 12.7. The van der Waals surface area contributed by atoms with Gasteiger partial charge < -0.3 is 4.90 Å². The zero-order chi connectivity index (χ0) is 19.7. The van der Waals surface area contributed by atoms with Crippen LogP contribution >= 0.6 is 0 Å². The molecular weight excluding hydrogens is 378 g/mol. The standard InChI is InChI=1S/C18H21N7O2S/c1-14-10-15(2)25(22-14)18-11-17(20-13-21-18)23-6-8-24(9-7-23)28(26,27)16-4-3-5-19-12-16/h3-5,10-13H,6-9H2,1-2H3. The van der Waals surface area contributed by atoms with Gasteiger partial charge in [0.15, 0.2) is 5.82 Å². The molecule has 0 aromatic carbocycles. The van der Waals surface area contributed by atoms with E-state index >= 15 is 0 Å². The van der Waals surface area contributed by atoms with Crippen molar-refractivity contribution in [1.82, 2.24) is 29.0 Å². The van der Waals surface area contributed by atoms with Crippen LogP contribution in [0, 0.1) is 13.8 Å². The van der Waals surface area contributed by atoms with E-state index in [0.29, 0.717) is 32.0 Å². The van der Waals surface area contributed by atoms with Crippen LogP contribution in [0.5, 0.6) is 0 Å². The molecule has 3 aromatic rings. The maximum Gasteiger partial charge on any atom is 0.244 e. The summed E-state index contributed by atoms with van der Waals surface area (Å²) in [6.45, 7) is 5.78. The highest BCUT2D eigenvalue weighted by molar-refractivity contribution is 7.89. The SMILES string of the molecule is Cc1cc(C)n(-c2cc(N3CCN(S(=O)(=O)c4cccnc4)CC3)ncn2)n1. The molecule has 10 heteroatoms. The summed E-state index contributed by atoms with van der Waals surface area (Å²) in [6, 6.07) is 7.07. The van der Waals surface area contributed by atoms with Gasteiger partial charge in [0.1, 0.15) is 17.0 Å². The Bertz CT molecular complexity index is 1070. The van der Waals surface area contributed by atoms with Gasteiger partial charge in [0, 0.05) is 50.3 Å². The largest absolute Gasteiger partial charge is 0.354 e. The molecule has 1 fully saturated rings. The first-order valence-electron chi connectivity index (χ1n) is 8.96. The Balaban J connectivity index is 1.50. The average molecular weight is 399 g/mol. The minimum Gasteiger partial charge on any atom is -0.354 e. The van der Waals surface area contributed by atoms with Gasteiger partial charge in [0.25, 0.3) is 0 Å². The fourth-order valence-corrected chi connectivity index (χ4v) is 4.68. The van der Waals surface area contributed by atoms with Gasteiger partial charge in [-0.15, -0.1) is 0 Å². The zero-order valence-corrected chi connectivity index (χ0v) is 16.5. The van der Waals surface area contributed by atoms with Gasteiger partial charge in [-0.1, -0.05) is 0 Å². The molecule has 0 unspecified atom stereocenters. The van der Waals surface area contributed by atoms with Crippen molar-refractivity contribution in [3.05, 3.63) is 54.4 Å². The number of anilines is 1. The van der Waals surface area contributed by atoms with Crippen molar-refractivity contribution in [3.8, 4) is 5.82 Å². The van der Waals surface area contributed by atoms with Gasteiger partial charge in [-0.3, -0.25) is 4.98 Å². The molecule has 0 amide bonds. The fourth-order valence-electron chi connectivity index (χ4n) is 3.29. The summed E-state index contributed by atoms with van der Waals surface area (Å²) in [7, 11) is -3.52. The summed E-state index contributed by atoms with van der Waals surface area (Å²) in [5, 5.41) is 4.46. The minimum atomic E-state index is -3.52. The number of aryl methyl sites for hydroxylation is 2. The molecule has 0 radical (unpaired) electrons. The fraction of sp³-hybridized carbons (Fsp3) is 0.333. The molecule has 0 atom stereocenters. The number of nitrogens with zero attached hydrogens (tertiary/aromatic N) is 7. The van der Waals surface area contributed by atoms with Crippen LogP contribution in [0.4, 0.5) is 5.82 Å². The topological polar surface area (TPSA) is 97.1 Å². The Hall–Kier alpha value is -2.85. The second-order valence-electron chi connectivity index (χ2n) is 6.65. The van der Waals surface area contributed by atoms with Crippen molar-refractivity contribution in [3.63, 3.8) is 0 Å². The molecule has 1 aliphatic heterocycles. The predicted octanol–water partition coefficient (Wildman–Crippen LogP) is 1.19. The monoisotopic (exact) mass is 399 g/mol. The third kappa shape index (κ3) is 3.48. The van der Waals surface area contributed by atoms with Crippen LogP contribution in [0.25, 0.3) is 5.82 Å². The number of sulfonamides is 1. The highest BCUT2D eigenvalue weighted by atomic mass is 32.2. The first-order chi connectivity index (χ1) is 13.4. The number of hydrogen-bond acceptors (Lipinski definition) is 7. The van der Waals surface area contributed by atoms with E-state index in [1.807, 2.05) is 26.0 Å². The minimum absolute atomic E-state index is 0.220. The second kappa shape index (κ2) is 7.28. The molecule has 0 saturated carbocycles. The Labute approximate surface area is 163 Å². The lowest BCUT2D eigenvalue weighted by Crippen LogP contribution is -2.49. The Morgan fingerprint density at radius 1 is 1.00 bits per heavy atom. The lowest BCUT2D eigenvalue weighted by molar-refractivity contribution is 0.383. The molecule has 4 rings (SSSR count). The molecular formula is C18H21N7O2S. The quantitative estimate of drug-likeness (QED) is 0.650. The van der Waals surface area contributed by atoms with Crippen LogP contribution in [0.15, 0.2) is 47.9 Å². The van der Waals surface area contributed by atoms with E-state index in [1.54, 1.807) is 23.0 Å². The number of hydrogen-bond donors (Lipinski definition) is 0. The third-order valence-electron chi connectivity index (χ3n) is 4.70. The summed E-state index contributed by atoms with van der Waals surface area (Å²) in [5.41, 5.74) is 1.92. The van der Waals surface area contributed by atoms with Crippen molar-refractivity contribution in [1.29, 1.82) is 0 Å². The first-order valence-corrected chi connectivity index (χ1v) is 10.4. The first kappa shape index (κ1) is 18.5.